The molecule has 0 spiro atoms. The van der Waals surface area contributed by atoms with Crippen molar-refractivity contribution in [1.82, 2.24) is 24.1 Å². The van der Waals surface area contributed by atoms with Crippen molar-refractivity contribution in [2.45, 2.75) is 45.8 Å². The van der Waals surface area contributed by atoms with Gasteiger partial charge in [-0.2, -0.15) is 4.98 Å². The van der Waals surface area contributed by atoms with Crippen LogP contribution in [0.3, 0.4) is 0 Å². The number of hydrogen-bond donors (Lipinski definition) is 0. The Morgan fingerprint density at radius 2 is 2.06 bits per heavy atom. The zero-order valence-corrected chi connectivity index (χ0v) is 18.8. The van der Waals surface area contributed by atoms with Crippen LogP contribution in [0.1, 0.15) is 39.4 Å². The number of hydrogen-bond acceptors (Lipinski definition) is 9. The van der Waals surface area contributed by atoms with Gasteiger partial charge in [0.05, 0.1) is 11.5 Å². The van der Waals surface area contributed by atoms with E-state index in [0.29, 0.717) is 5.76 Å². The molecule has 0 bridgehead atoms. The van der Waals surface area contributed by atoms with Crippen LogP contribution in [0.2, 0.25) is 0 Å². The number of nitrogens with zero attached hydrogens (tertiary/aromatic N) is 6. The lowest BCUT2D eigenvalue weighted by atomic mass is 10.2. The molecule has 0 saturated heterocycles. The topological polar surface area (TPSA) is 144 Å². The minimum absolute atomic E-state index is 0.0744. The lowest BCUT2D eigenvalue weighted by Gasteiger charge is -2.20. The molecule has 0 N–H and O–H groups in total. The number of pyridine rings is 1. The number of carbonyl (C=O) groups is 1. The number of imidazole rings is 1. The first-order valence-corrected chi connectivity index (χ1v) is 10.5. The maximum absolute atomic E-state index is 13.1. The van der Waals surface area contributed by atoms with E-state index in [4.69, 9.17) is 9.47 Å². The standard InChI is InChI=1S/C22H22N6O6/c1-22(2,3)34-21(30)27-16(12-26-11-7-10-15(20(26)29)28(31)32)25-17-18(27)23-13-24-19(17)33-14-8-5-4-6-9-14/h5,7-11,13H,4,6,12H2,1-3H3. The lowest BCUT2D eigenvalue weighted by Crippen LogP contribution is -2.30. The highest BCUT2D eigenvalue weighted by molar-refractivity contribution is 5.87. The molecule has 3 aromatic heterocycles. The monoisotopic (exact) mass is 466 g/mol. The third-order valence-electron chi connectivity index (χ3n) is 4.74. The van der Waals surface area contributed by atoms with Crippen LogP contribution in [0, 0.1) is 10.1 Å². The van der Waals surface area contributed by atoms with Crippen molar-refractivity contribution in [2.75, 3.05) is 0 Å². The molecule has 0 aromatic carbocycles. The predicted octanol–water partition coefficient (Wildman–Crippen LogP) is 3.34. The quantitative estimate of drug-likeness (QED) is 0.408. The van der Waals surface area contributed by atoms with Crippen molar-refractivity contribution in [1.29, 1.82) is 0 Å². The summed E-state index contributed by atoms with van der Waals surface area (Å²) in [4.78, 5) is 48.9. The summed E-state index contributed by atoms with van der Waals surface area (Å²) in [5.74, 6) is 0.776. The van der Waals surface area contributed by atoms with E-state index in [1.165, 1.54) is 18.6 Å². The summed E-state index contributed by atoms with van der Waals surface area (Å²) < 4.78 is 13.6. The molecule has 3 aromatic rings. The minimum Gasteiger partial charge on any atom is -0.443 e. The molecule has 0 atom stereocenters. The van der Waals surface area contributed by atoms with Crippen molar-refractivity contribution >= 4 is 22.9 Å². The van der Waals surface area contributed by atoms with Gasteiger partial charge in [0.25, 0.3) is 5.88 Å². The fourth-order valence-electron chi connectivity index (χ4n) is 3.31. The number of allylic oxidation sites excluding steroid dienone is 3. The first kappa shape index (κ1) is 22.8. The lowest BCUT2D eigenvalue weighted by molar-refractivity contribution is -0.386. The van der Waals surface area contributed by atoms with E-state index in [2.05, 4.69) is 15.0 Å². The molecule has 1 aliphatic rings. The number of aromatic nitrogens is 5. The van der Waals surface area contributed by atoms with Crippen molar-refractivity contribution in [2.24, 2.45) is 0 Å². The first-order valence-electron chi connectivity index (χ1n) is 10.5. The van der Waals surface area contributed by atoms with Gasteiger partial charge in [0, 0.05) is 12.3 Å². The van der Waals surface area contributed by atoms with Gasteiger partial charge in [-0.05, 0) is 51.8 Å². The van der Waals surface area contributed by atoms with Crippen LogP contribution >= 0.6 is 0 Å². The summed E-state index contributed by atoms with van der Waals surface area (Å²) >= 11 is 0. The Hall–Kier alpha value is -4.35. The summed E-state index contributed by atoms with van der Waals surface area (Å²) in [5, 5.41) is 11.2. The molecule has 176 valence electrons. The molecule has 1 aliphatic carbocycles. The Bertz CT molecular complexity index is 1400. The number of ether oxygens (including phenoxy) is 2. The average Bonchev–Trinajstić information content (AvgIpc) is 3.14. The fourth-order valence-corrected chi connectivity index (χ4v) is 3.31. The molecule has 0 fully saturated rings. The van der Waals surface area contributed by atoms with Crippen LogP contribution in [0.15, 0.2) is 53.4 Å². The Morgan fingerprint density at radius 1 is 1.26 bits per heavy atom. The van der Waals surface area contributed by atoms with Gasteiger partial charge in [0.2, 0.25) is 0 Å². The van der Waals surface area contributed by atoms with Crippen molar-refractivity contribution in [3.05, 3.63) is 74.9 Å². The third kappa shape index (κ3) is 4.70. The van der Waals surface area contributed by atoms with Gasteiger partial charge in [-0.15, -0.1) is 0 Å². The summed E-state index contributed by atoms with van der Waals surface area (Å²) in [6, 6.07) is 2.48. The number of carbonyl (C=O) groups excluding carboxylic acids is 1. The molecule has 0 saturated carbocycles. The van der Waals surface area contributed by atoms with Crippen LogP contribution in [0.25, 0.3) is 11.2 Å². The highest BCUT2D eigenvalue weighted by atomic mass is 16.6. The Kier molecular flexibility index (Phi) is 5.97. The second kappa shape index (κ2) is 8.89. The summed E-state index contributed by atoms with van der Waals surface area (Å²) in [6.45, 7) is 4.87. The van der Waals surface area contributed by atoms with Crippen molar-refractivity contribution in [3.8, 4) is 5.88 Å². The Morgan fingerprint density at radius 3 is 2.74 bits per heavy atom. The van der Waals surface area contributed by atoms with Gasteiger partial charge in [0.15, 0.2) is 11.2 Å². The smallest absolute Gasteiger partial charge is 0.421 e. The molecule has 4 rings (SSSR count). The number of nitro groups is 1. The SMILES string of the molecule is CC(C)(C)OC(=O)n1c(Cn2cccc([N+](=O)[O-])c2=O)nc2c(OC3=CCCC=C3)ncnc21. The third-order valence-corrected chi connectivity index (χ3v) is 4.74. The maximum atomic E-state index is 13.1. The molecular weight excluding hydrogens is 444 g/mol. The highest BCUT2D eigenvalue weighted by Crippen LogP contribution is 2.26. The maximum Gasteiger partial charge on any atom is 0.421 e. The average molecular weight is 466 g/mol. The predicted molar refractivity (Wildman–Crippen MR) is 120 cm³/mol. The minimum atomic E-state index is -0.838. The molecule has 0 unspecified atom stereocenters. The first-order chi connectivity index (χ1) is 16.1. The molecule has 34 heavy (non-hydrogen) atoms. The van der Waals surface area contributed by atoms with Gasteiger partial charge >= 0.3 is 17.3 Å². The summed E-state index contributed by atoms with van der Waals surface area (Å²) in [5.41, 5.74) is -1.95. The van der Waals surface area contributed by atoms with E-state index in [0.717, 1.165) is 28.0 Å². The van der Waals surface area contributed by atoms with Gasteiger partial charge < -0.3 is 14.0 Å². The van der Waals surface area contributed by atoms with E-state index in [9.17, 15) is 19.7 Å². The van der Waals surface area contributed by atoms with E-state index in [1.54, 1.807) is 20.8 Å². The van der Waals surface area contributed by atoms with Crippen LogP contribution in [0.4, 0.5) is 10.5 Å². The van der Waals surface area contributed by atoms with Gasteiger partial charge in [0.1, 0.15) is 23.5 Å². The fraction of sp³-hybridized carbons (Fsp3) is 0.318. The molecule has 0 amide bonds. The van der Waals surface area contributed by atoms with E-state index in [1.807, 2.05) is 18.2 Å². The summed E-state index contributed by atoms with van der Waals surface area (Å²) in [6.07, 6.45) is 9.23. The van der Waals surface area contributed by atoms with Gasteiger partial charge in [-0.1, -0.05) is 6.08 Å². The zero-order valence-electron chi connectivity index (χ0n) is 18.8. The van der Waals surface area contributed by atoms with Crippen LogP contribution in [-0.4, -0.2) is 40.7 Å². The number of rotatable bonds is 5. The Labute approximate surface area is 193 Å². The largest absolute Gasteiger partial charge is 0.443 e. The van der Waals surface area contributed by atoms with E-state index < -0.39 is 27.9 Å². The van der Waals surface area contributed by atoms with Crippen LogP contribution in [0.5, 0.6) is 5.88 Å². The highest BCUT2D eigenvalue weighted by Gasteiger charge is 2.27. The molecule has 3 heterocycles. The molecular formula is C22H22N6O6. The van der Waals surface area contributed by atoms with E-state index in [-0.39, 0.29) is 29.4 Å². The molecule has 12 heteroatoms. The second-order valence-corrected chi connectivity index (χ2v) is 8.47. The van der Waals surface area contributed by atoms with Crippen LogP contribution in [-0.2, 0) is 11.3 Å². The van der Waals surface area contributed by atoms with Crippen LogP contribution < -0.4 is 10.3 Å². The Balaban J connectivity index is 1.84. The summed E-state index contributed by atoms with van der Waals surface area (Å²) in [7, 11) is 0. The zero-order chi connectivity index (χ0) is 24.5. The normalized spacial score (nSPS) is 13.6. The number of fused-ring (bicyclic) bond motifs is 1. The van der Waals surface area contributed by atoms with Crippen molar-refractivity contribution in [3.63, 3.8) is 0 Å². The van der Waals surface area contributed by atoms with E-state index >= 15 is 0 Å². The second-order valence-electron chi connectivity index (χ2n) is 8.47. The van der Waals surface area contributed by atoms with Crippen molar-refractivity contribution < 1.29 is 19.2 Å². The van der Waals surface area contributed by atoms with Gasteiger partial charge in [-0.3, -0.25) is 14.9 Å². The molecule has 0 aliphatic heterocycles. The van der Waals surface area contributed by atoms with Gasteiger partial charge in [-0.25, -0.2) is 19.3 Å². The molecule has 0 radical (unpaired) electrons. The molecule has 12 nitrogen and oxygen atoms in total.